The van der Waals surface area contributed by atoms with Crippen LogP contribution in [-0.2, 0) is 0 Å². The predicted octanol–water partition coefficient (Wildman–Crippen LogP) is 3.56. The third-order valence-corrected chi connectivity index (χ3v) is 2.00. The van der Waals surface area contributed by atoms with E-state index in [1.54, 1.807) is 0 Å². The van der Waals surface area contributed by atoms with Crippen LogP contribution in [0, 0.1) is 4.64 Å². The van der Waals surface area contributed by atoms with E-state index in [9.17, 15) is 0 Å². The van der Waals surface area contributed by atoms with E-state index in [1.807, 2.05) is 42.8 Å². The smallest absolute Gasteiger partial charge is 0.249 e. The number of pyridine rings is 1. The zero-order valence-electron chi connectivity index (χ0n) is 8.73. The molecule has 0 spiro atoms. The Kier molecular flexibility index (Phi) is 18.1. The first kappa shape index (κ1) is 20.4. The van der Waals surface area contributed by atoms with E-state index in [2.05, 4.69) is 47.2 Å². The van der Waals surface area contributed by atoms with Gasteiger partial charge >= 0.3 is 0 Å². The number of allylic oxidation sites excluding steroid dienone is 1. The molecule has 17 heavy (non-hydrogen) atoms. The van der Waals surface area contributed by atoms with Gasteiger partial charge in [0.1, 0.15) is 4.64 Å². The maximum atomic E-state index is 4.81. The summed E-state index contributed by atoms with van der Waals surface area (Å²) in [6, 6.07) is 5.64. The molecule has 2 N–H and O–H groups in total. The van der Waals surface area contributed by atoms with Crippen molar-refractivity contribution in [2.45, 2.75) is 6.42 Å². The van der Waals surface area contributed by atoms with E-state index < -0.39 is 0 Å². The van der Waals surface area contributed by atoms with Gasteiger partial charge in [-0.25, -0.2) is 4.99 Å². The van der Waals surface area contributed by atoms with Crippen molar-refractivity contribution in [3.63, 3.8) is 0 Å². The second kappa shape index (κ2) is 15.1. The standard InChI is InChI=1S/2C5H5NS.I2.HI/c2*7-5-3-1-2-4-6-5;1-2;/h1-2,4H,3H2;1-4H,(H,6,7);;1H/p+1. The van der Waals surface area contributed by atoms with Gasteiger partial charge in [-0.1, -0.05) is 24.4 Å². The first-order chi connectivity index (χ1) is 7.79. The fourth-order valence-electron chi connectivity index (χ4n) is 0.820. The minimum absolute atomic E-state index is 0. The number of rotatable bonds is 0. The number of halogens is 3. The van der Waals surface area contributed by atoms with E-state index in [1.165, 1.54) is 0 Å². The minimum atomic E-state index is 0. The molecule has 0 saturated heterocycles. The molecule has 1 aliphatic heterocycles. The highest BCUT2D eigenvalue weighted by Gasteiger charge is 1.96. The lowest BCUT2D eigenvalue weighted by Crippen LogP contribution is -2.73. The number of nitrogens with one attached hydrogen (secondary N) is 2. The Balaban J connectivity index is 0. The average Bonchev–Trinajstić information content (AvgIpc) is 2.34. The van der Waals surface area contributed by atoms with Gasteiger partial charge in [-0.15, -0.1) is 24.0 Å². The van der Waals surface area contributed by atoms with Crippen LogP contribution in [0.5, 0.6) is 0 Å². The number of H-pyrrole nitrogens is 1. The van der Waals surface area contributed by atoms with Crippen LogP contribution in [0.25, 0.3) is 0 Å². The molecule has 7 heteroatoms. The summed E-state index contributed by atoms with van der Waals surface area (Å²) in [4.78, 5) is 6.65. The van der Waals surface area contributed by atoms with Crippen molar-refractivity contribution < 1.29 is 4.99 Å². The molecule has 0 unspecified atom stereocenters. The highest BCUT2D eigenvalue weighted by atomic mass is 128. The van der Waals surface area contributed by atoms with E-state index in [0.717, 1.165) is 16.0 Å². The molecular weight excluding hydrogens is 593 g/mol. The summed E-state index contributed by atoms with van der Waals surface area (Å²) in [5.74, 6) is 0. The van der Waals surface area contributed by atoms with Crippen LogP contribution >= 0.6 is 85.6 Å². The van der Waals surface area contributed by atoms with Crippen LogP contribution in [0.3, 0.4) is 0 Å². The molecule has 0 aromatic carbocycles. The van der Waals surface area contributed by atoms with Gasteiger partial charge in [0.25, 0.3) is 0 Å². The molecule has 0 radical (unpaired) electrons. The normalized spacial score (nSPS) is 11.3. The second-order valence-electron chi connectivity index (χ2n) is 2.59. The Bertz CT molecular complexity index is 399. The summed E-state index contributed by atoms with van der Waals surface area (Å²) < 4.78 is 0.780. The molecular formula is C10H12I3N2S2+. The molecule has 2 rings (SSSR count). The summed E-state index contributed by atoms with van der Waals surface area (Å²) in [7, 11) is 0. The Morgan fingerprint density at radius 2 is 1.94 bits per heavy atom. The van der Waals surface area contributed by atoms with Crippen LogP contribution < -0.4 is 4.99 Å². The second-order valence-corrected chi connectivity index (χ2v) is 3.53. The Labute approximate surface area is 152 Å². The molecule has 0 amide bonds. The van der Waals surface area contributed by atoms with Crippen LogP contribution in [0.15, 0.2) is 36.5 Å². The van der Waals surface area contributed by atoms with Gasteiger partial charge < -0.3 is 4.98 Å². The van der Waals surface area contributed by atoms with E-state index in [4.69, 9.17) is 24.4 Å². The third kappa shape index (κ3) is 13.3. The first-order valence-corrected chi connectivity index (χ1v) is 11.4. The maximum Gasteiger partial charge on any atom is 0.249 e. The van der Waals surface area contributed by atoms with Gasteiger partial charge in [0.15, 0.2) is 6.21 Å². The molecule has 0 aliphatic carbocycles. The molecule has 0 fully saturated rings. The van der Waals surface area contributed by atoms with E-state index in [-0.39, 0.29) is 24.0 Å². The van der Waals surface area contributed by atoms with Crippen molar-refractivity contribution in [1.29, 1.82) is 0 Å². The lowest BCUT2D eigenvalue weighted by molar-refractivity contribution is -0.306. The molecule has 1 aromatic rings. The largest absolute Gasteiger partial charge is 0.353 e. The summed E-state index contributed by atoms with van der Waals surface area (Å²) in [6.45, 7) is 0. The quantitative estimate of drug-likeness (QED) is 0.351. The highest BCUT2D eigenvalue weighted by molar-refractivity contribution is 15.0. The predicted molar refractivity (Wildman–Crippen MR) is 108 cm³/mol. The number of hydrogen-bond acceptors (Lipinski definition) is 2. The maximum absolute atomic E-state index is 4.81. The minimum Gasteiger partial charge on any atom is -0.353 e. The van der Waals surface area contributed by atoms with Gasteiger partial charge in [0, 0.05) is 43.4 Å². The molecule has 0 atom stereocenters. The monoisotopic (exact) mass is 605 g/mol. The van der Waals surface area contributed by atoms with Gasteiger partial charge in [0.05, 0.1) is 6.42 Å². The highest BCUT2D eigenvalue weighted by Crippen LogP contribution is 1.89. The zero-order chi connectivity index (χ0) is 12.2. The molecule has 2 heterocycles. The number of aromatic nitrogens is 1. The van der Waals surface area contributed by atoms with E-state index >= 15 is 0 Å². The van der Waals surface area contributed by atoms with Crippen molar-refractivity contribution in [3.8, 4) is 0 Å². The van der Waals surface area contributed by atoms with E-state index in [0.29, 0.717) is 0 Å². The van der Waals surface area contributed by atoms with Gasteiger partial charge in [-0.3, -0.25) is 0 Å². The van der Waals surface area contributed by atoms with Crippen molar-refractivity contribution in [1.82, 2.24) is 4.98 Å². The van der Waals surface area contributed by atoms with Crippen LogP contribution in [0.1, 0.15) is 6.42 Å². The van der Waals surface area contributed by atoms with Gasteiger partial charge in [-0.2, -0.15) is 0 Å². The number of hydrogen-bond donors (Lipinski definition) is 2. The fraction of sp³-hybridized carbons (Fsp3) is 0.100. The molecule has 2 nitrogen and oxygen atoms in total. The Hall–Kier alpha value is 1.06. The average molecular weight is 605 g/mol. The lowest BCUT2D eigenvalue weighted by Gasteiger charge is -1.84. The third-order valence-electron chi connectivity index (χ3n) is 1.46. The Morgan fingerprint density at radius 3 is 2.18 bits per heavy atom. The summed E-state index contributed by atoms with van der Waals surface area (Å²) >= 11 is 13.8. The van der Waals surface area contributed by atoms with Crippen LogP contribution in [0.4, 0.5) is 0 Å². The van der Waals surface area contributed by atoms with Gasteiger partial charge in [-0.05, 0) is 30.4 Å². The molecule has 0 saturated carbocycles. The first-order valence-electron chi connectivity index (χ1n) is 4.35. The van der Waals surface area contributed by atoms with Gasteiger partial charge in [0.2, 0.25) is 4.99 Å². The van der Waals surface area contributed by atoms with Crippen molar-refractivity contribution in [2.75, 3.05) is 0 Å². The molecule has 0 bridgehead atoms. The van der Waals surface area contributed by atoms with Crippen LogP contribution in [-0.4, -0.2) is 16.2 Å². The molecule has 1 aromatic heterocycles. The topological polar surface area (TPSA) is 29.8 Å². The summed E-state index contributed by atoms with van der Waals surface area (Å²) in [5, 5.41) is 0. The molecule has 1 aliphatic rings. The number of thiocarbonyl (C=S) groups is 1. The molecule has 94 valence electrons. The summed E-state index contributed by atoms with van der Waals surface area (Å²) in [5.41, 5.74) is 0. The summed E-state index contributed by atoms with van der Waals surface area (Å²) in [6.07, 6.45) is 8.52. The SMILES string of the molecule is I.II.S=C1CC=CC=[NH+]1.S=c1cccc[nH]1. The van der Waals surface area contributed by atoms with Crippen molar-refractivity contribution in [3.05, 3.63) is 41.2 Å². The van der Waals surface area contributed by atoms with Crippen molar-refractivity contribution >= 4 is 96.8 Å². The van der Waals surface area contributed by atoms with Crippen molar-refractivity contribution in [2.24, 2.45) is 0 Å². The van der Waals surface area contributed by atoms with Crippen LogP contribution in [0.2, 0.25) is 0 Å². The lowest BCUT2D eigenvalue weighted by atomic mass is 10.3. The Morgan fingerprint density at radius 1 is 1.24 bits per heavy atom. The fourth-order valence-corrected chi connectivity index (χ4v) is 1.13. The number of aromatic amines is 1. The zero-order valence-corrected chi connectivity index (χ0v) is 17.0.